The Labute approximate surface area is 499 Å². The summed E-state index contributed by atoms with van der Waals surface area (Å²) in [5.74, 6) is 4.89. The topological polar surface area (TPSA) is 165 Å². The highest BCUT2D eigenvalue weighted by Gasteiger charge is 2.50. The first-order valence-corrected chi connectivity index (χ1v) is 30.6. The Morgan fingerprint density at radius 1 is 0.482 bits per heavy atom. The number of carbonyl (C=O) groups is 3. The van der Waals surface area contributed by atoms with Crippen LogP contribution in [0.4, 0.5) is 4.39 Å². The average molecular weight is 1140 g/mol. The number of nitrogens with zero attached hydrogens (tertiary/aromatic N) is 5. The number of hydrogen-bond acceptors (Lipinski definition) is 11. The second kappa shape index (κ2) is 26.3. The minimum Gasteiger partial charge on any atom is -0.462 e. The number of carbonyl (C=O) groups excluding carboxylic acids is 3. The van der Waals surface area contributed by atoms with Crippen molar-refractivity contribution in [2.24, 2.45) is 71.0 Å². The smallest absolute Gasteiger partial charge is 0.306 e. The lowest BCUT2D eigenvalue weighted by Gasteiger charge is -2.45. The molecule has 12 heteroatoms. The quantitative estimate of drug-likeness (QED) is 0.0999. The van der Waals surface area contributed by atoms with Crippen LogP contribution in [0.5, 0.6) is 0 Å². The van der Waals surface area contributed by atoms with Gasteiger partial charge in [0.2, 0.25) is 0 Å². The molecule has 13 rings (SSSR count). The van der Waals surface area contributed by atoms with Gasteiger partial charge in [-0.3, -0.25) is 29.3 Å². The highest BCUT2D eigenvalue weighted by molar-refractivity contribution is 5.75. The number of ether oxygens (including phenoxy) is 3. The lowest BCUT2D eigenvalue weighted by atomic mass is 9.60. The summed E-state index contributed by atoms with van der Waals surface area (Å²) < 4.78 is 30.2. The SMILES string of the molecule is C[C@H]1[C@H](/C=C/c2ccc(-c3ccccc3C#N)cn2)[C@H]2CC(=O)O[C@@H]2C[C@@H]1C.C[C@H]1[C@H](/C=C/c2ccc(-c3ccccc3C#N)cn2)[C@H]2CC(=O)O[C@H]2C[C@@H]1C.O=C1C[C@@H]2[C@@H](/C=C/c3ccc(-c4cccc(F)c4)cn3)[C@@H]3CCCC[C@H]3C[C@@H]2O1. The van der Waals surface area contributed by atoms with Crippen molar-refractivity contribution in [2.75, 3.05) is 0 Å². The molecule has 0 N–H and O–H groups in total. The third kappa shape index (κ3) is 13.3. The number of rotatable bonds is 9. The van der Waals surface area contributed by atoms with E-state index >= 15 is 0 Å². The molecule has 0 amide bonds. The first kappa shape index (κ1) is 58.4. The third-order valence-corrected chi connectivity index (χ3v) is 19.9. The summed E-state index contributed by atoms with van der Waals surface area (Å²) >= 11 is 0. The summed E-state index contributed by atoms with van der Waals surface area (Å²) in [6.07, 6.45) is 28.2. The van der Waals surface area contributed by atoms with Crippen LogP contribution >= 0.6 is 0 Å². The molecule has 434 valence electrons. The van der Waals surface area contributed by atoms with E-state index in [-0.39, 0.29) is 53.9 Å². The molecule has 85 heavy (non-hydrogen) atoms. The molecule has 6 heterocycles. The van der Waals surface area contributed by atoms with Crippen LogP contribution in [0.15, 0.2) is 146 Å². The molecule has 0 spiro atoms. The Balaban J connectivity index is 0.000000133. The zero-order valence-electron chi connectivity index (χ0n) is 48.9. The molecule has 11 nitrogen and oxygen atoms in total. The molecule has 15 atom stereocenters. The Morgan fingerprint density at radius 2 is 0.918 bits per heavy atom. The molecular weight excluding hydrogens is 1060 g/mol. The van der Waals surface area contributed by atoms with Crippen LogP contribution in [0.1, 0.15) is 120 Å². The molecule has 0 radical (unpaired) electrons. The van der Waals surface area contributed by atoms with Gasteiger partial charge in [0.15, 0.2) is 0 Å². The fourth-order valence-corrected chi connectivity index (χ4v) is 14.9. The highest BCUT2D eigenvalue weighted by atomic mass is 19.1. The number of nitriles is 2. The van der Waals surface area contributed by atoms with E-state index in [0.29, 0.717) is 89.6 Å². The zero-order chi connectivity index (χ0) is 59.1. The number of allylic oxidation sites excluding steroid dienone is 3. The number of hydrogen-bond donors (Lipinski definition) is 0. The second-order valence-electron chi connectivity index (χ2n) is 24.8. The second-order valence-corrected chi connectivity index (χ2v) is 24.8. The predicted octanol–water partition coefficient (Wildman–Crippen LogP) is 15.4. The summed E-state index contributed by atoms with van der Waals surface area (Å²) in [5, 5.41) is 18.6. The number of halogens is 1. The van der Waals surface area contributed by atoms with Crippen LogP contribution in [0.25, 0.3) is 51.6 Å². The lowest BCUT2D eigenvalue weighted by Crippen LogP contribution is -2.41. The van der Waals surface area contributed by atoms with Gasteiger partial charge in [0.05, 0.1) is 59.6 Å². The molecule has 4 aliphatic carbocycles. The summed E-state index contributed by atoms with van der Waals surface area (Å²) in [7, 11) is 0. The number of pyridine rings is 3. The minimum atomic E-state index is -0.242. The Kier molecular flexibility index (Phi) is 18.1. The van der Waals surface area contributed by atoms with Crippen LogP contribution in [0.2, 0.25) is 0 Å². The van der Waals surface area contributed by atoms with E-state index in [4.69, 9.17) is 14.2 Å². The van der Waals surface area contributed by atoms with Crippen LogP contribution in [0, 0.1) is 99.5 Å². The predicted molar refractivity (Wildman–Crippen MR) is 326 cm³/mol. The van der Waals surface area contributed by atoms with Crippen LogP contribution in [-0.4, -0.2) is 51.2 Å². The van der Waals surface area contributed by atoms with Crippen molar-refractivity contribution >= 4 is 36.1 Å². The number of aromatic nitrogens is 3. The molecule has 3 saturated heterocycles. The first-order chi connectivity index (χ1) is 41.3. The Morgan fingerprint density at radius 3 is 1.38 bits per heavy atom. The van der Waals surface area contributed by atoms with Crippen molar-refractivity contribution in [1.29, 1.82) is 10.5 Å². The van der Waals surface area contributed by atoms with Gasteiger partial charge < -0.3 is 14.2 Å². The van der Waals surface area contributed by atoms with Crippen molar-refractivity contribution in [3.63, 3.8) is 0 Å². The largest absolute Gasteiger partial charge is 0.462 e. The maximum atomic E-state index is 13.5. The van der Waals surface area contributed by atoms with Gasteiger partial charge in [0.25, 0.3) is 0 Å². The van der Waals surface area contributed by atoms with Crippen molar-refractivity contribution in [1.82, 2.24) is 15.0 Å². The molecule has 0 bridgehead atoms. The fourth-order valence-electron chi connectivity index (χ4n) is 14.9. The van der Waals surface area contributed by atoms with Gasteiger partial charge in [-0.1, -0.05) is 132 Å². The summed E-state index contributed by atoms with van der Waals surface area (Å²) in [6.45, 7) is 9.03. The Bertz CT molecular complexity index is 3390. The van der Waals surface area contributed by atoms with Crippen LogP contribution in [-0.2, 0) is 28.6 Å². The van der Waals surface area contributed by atoms with Gasteiger partial charge in [0.1, 0.15) is 24.1 Å². The molecule has 7 fully saturated rings. The van der Waals surface area contributed by atoms with E-state index in [2.05, 4.69) is 91.2 Å². The summed E-state index contributed by atoms with van der Waals surface area (Å²) in [5.41, 5.74) is 9.34. The minimum absolute atomic E-state index is 0.0328. The molecule has 0 unspecified atom stereocenters. The third-order valence-electron chi connectivity index (χ3n) is 19.9. The standard InChI is InChI=1S/C25H26FNO2.2C24H24N2O2/c26-19-6-3-5-16(12-19)18-8-9-20(27-15-18)10-11-22-21-7-2-1-4-17(21)13-24-23(22)14-25(28)29-24;2*1-15-11-23-22(12-24(27)28-23)20(16(15)2)10-9-19-8-7-18(14-26-19)21-6-4-3-5-17(21)13-25/h3,5-6,8-12,15,17,21-24H,1-2,4,7,13-14H2;2*3-10,14-16,20,22-23H,11-12H2,1-2H3/b11-10+;2*10-9+/t17-,21+,22-,23+,24-;15-,16+,20-,22+,23+;15-,16+,20-,22+,23-/m000/s1. The molecule has 3 aromatic heterocycles. The number of fused-ring (bicyclic) bond motifs is 4. The van der Waals surface area contributed by atoms with Crippen LogP contribution < -0.4 is 0 Å². The van der Waals surface area contributed by atoms with Gasteiger partial charge in [-0.2, -0.15) is 10.5 Å². The zero-order valence-corrected chi connectivity index (χ0v) is 48.9. The number of esters is 3. The number of benzene rings is 3. The maximum absolute atomic E-state index is 13.5. The monoisotopic (exact) mass is 1140 g/mol. The van der Waals surface area contributed by atoms with Crippen molar-refractivity contribution in [3.8, 4) is 45.5 Å². The lowest BCUT2D eigenvalue weighted by molar-refractivity contribution is -0.144. The first-order valence-electron chi connectivity index (χ1n) is 30.6. The molecule has 7 aliphatic rings. The maximum Gasteiger partial charge on any atom is 0.306 e. The highest BCUT2D eigenvalue weighted by Crippen LogP contribution is 2.52. The molecule has 6 aromatic rings. The molecule has 3 aromatic carbocycles. The van der Waals surface area contributed by atoms with E-state index in [0.717, 1.165) is 69.7 Å². The van der Waals surface area contributed by atoms with Gasteiger partial charge in [0, 0.05) is 64.2 Å². The van der Waals surface area contributed by atoms with Crippen molar-refractivity contribution in [3.05, 3.63) is 180 Å². The van der Waals surface area contributed by atoms with Gasteiger partial charge >= 0.3 is 17.9 Å². The van der Waals surface area contributed by atoms with E-state index < -0.39 is 0 Å². The molecular formula is C73H74FN5O6. The van der Waals surface area contributed by atoms with Crippen LogP contribution in [0.3, 0.4) is 0 Å². The van der Waals surface area contributed by atoms with Gasteiger partial charge in [-0.15, -0.1) is 0 Å². The van der Waals surface area contributed by atoms with E-state index in [1.54, 1.807) is 12.3 Å². The fraction of sp³-hybridized carbons (Fsp3) is 0.397. The van der Waals surface area contributed by atoms with Crippen molar-refractivity contribution < 1.29 is 33.0 Å². The van der Waals surface area contributed by atoms with E-state index in [1.807, 2.05) is 103 Å². The van der Waals surface area contributed by atoms with Gasteiger partial charge in [-0.05, 0) is 145 Å². The summed E-state index contributed by atoms with van der Waals surface area (Å²) in [4.78, 5) is 49.2. The normalized spacial score (nSPS) is 30.0. The average Bonchev–Trinajstić information content (AvgIpc) is 3.86. The molecule has 3 aliphatic heterocycles. The van der Waals surface area contributed by atoms with Crippen molar-refractivity contribution in [2.45, 2.75) is 110 Å². The van der Waals surface area contributed by atoms with Gasteiger partial charge in [-0.25, -0.2) is 4.39 Å². The molecule has 4 saturated carbocycles. The van der Waals surface area contributed by atoms with E-state index in [9.17, 15) is 29.3 Å². The summed E-state index contributed by atoms with van der Waals surface area (Å²) in [6, 6.07) is 38.0. The Hall–Kier alpha value is -8.35. The van der Waals surface area contributed by atoms with E-state index in [1.165, 1.54) is 37.8 Å².